The van der Waals surface area contributed by atoms with Crippen LogP contribution in [0.4, 0.5) is 0 Å². The summed E-state index contributed by atoms with van der Waals surface area (Å²) in [5.74, 6) is -0.557. The normalized spacial score (nSPS) is 13.7. The Bertz CT molecular complexity index is 1340. The third-order valence-electron chi connectivity index (χ3n) is 6.98. The van der Waals surface area contributed by atoms with Gasteiger partial charge in [0.1, 0.15) is 11.5 Å². The minimum absolute atomic E-state index is 0.0499. The van der Waals surface area contributed by atoms with Gasteiger partial charge in [-0.1, -0.05) is 30.3 Å². The summed E-state index contributed by atoms with van der Waals surface area (Å²) in [5, 5.41) is 0. The highest BCUT2D eigenvalue weighted by Gasteiger charge is 2.57. The Hall–Kier alpha value is -4.33. The quantitative estimate of drug-likeness (QED) is 0.304. The van der Waals surface area contributed by atoms with Gasteiger partial charge in [0.15, 0.2) is 0 Å². The van der Waals surface area contributed by atoms with Crippen LogP contribution in [0.2, 0.25) is 0 Å². The summed E-state index contributed by atoms with van der Waals surface area (Å²) in [6.45, 7) is 4.84. The number of carbonyl (C=O) groups is 3. The van der Waals surface area contributed by atoms with E-state index in [0.717, 1.165) is 44.9 Å². The molecule has 8 heteroatoms. The first-order valence-electron chi connectivity index (χ1n) is 12.9. The molecule has 39 heavy (non-hydrogen) atoms. The molecule has 0 N–H and O–H groups in total. The minimum atomic E-state index is -1.91. The first-order valence-corrected chi connectivity index (χ1v) is 12.9. The van der Waals surface area contributed by atoms with E-state index in [9.17, 15) is 14.4 Å². The summed E-state index contributed by atoms with van der Waals surface area (Å²) in [7, 11) is 3.23. The SMILES string of the molecule is CCOC(=O)C1(C(=O)OCC)Cc2cc(-c3ccc(OC)cc3)c(-c3ccc(OC)cc3)cc2CN1C(C)=O. The van der Waals surface area contributed by atoms with Crippen LogP contribution < -0.4 is 9.47 Å². The highest BCUT2D eigenvalue weighted by molar-refractivity contribution is 6.08. The summed E-state index contributed by atoms with van der Waals surface area (Å²) in [4.78, 5) is 41.0. The highest BCUT2D eigenvalue weighted by atomic mass is 16.6. The topological polar surface area (TPSA) is 91.4 Å². The van der Waals surface area contributed by atoms with Crippen LogP contribution in [0, 0.1) is 0 Å². The predicted molar refractivity (Wildman–Crippen MR) is 146 cm³/mol. The molecule has 0 spiro atoms. The third-order valence-corrected chi connectivity index (χ3v) is 6.98. The molecule has 0 fully saturated rings. The number of benzene rings is 3. The number of methoxy groups -OCH3 is 2. The fourth-order valence-electron chi connectivity index (χ4n) is 5.03. The molecule has 8 nitrogen and oxygen atoms in total. The maximum Gasteiger partial charge on any atom is 0.344 e. The number of carbonyl (C=O) groups excluding carboxylic acids is 3. The molecule has 1 aliphatic rings. The maximum absolute atomic E-state index is 13.4. The van der Waals surface area contributed by atoms with Gasteiger partial charge in [0.25, 0.3) is 0 Å². The molecule has 0 unspecified atom stereocenters. The van der Waals surface area contributed by atoms with Crippen molar-refractivity contribution in [3.63, 3.8) is 0 Å². The molecule has 1 heterocycles. The zero-order chi connectivity index (χ0) is 28.2. The largest absolute Gasteiger partial charge is 0.497 e. The number of hydrogen-bond donors (Lipinski definition) is 0. The van der Waals surface area contributed by atoms with Crippen LogP contribution in [-0.4, -0.2) is 55.7 Å². The van der Waals surface area contributed by atoms with Gasteiger partial charge in [0.05, 0.1) is 27.4 Å². The fraction of sp³-hybridized carbons (Fsp3) is 0.323. The van der Waals surface area contributed by atoms with E-state index in [4.69, 9.17) is 18.9 Å². The maximum atomic E-state index is 13.4. The van der Waals surface area contributed by atoms with Crippen molar-refractivity contribution >= 4 is 17.8 Å². The van der Waals surface area contributed by atoms with Crippen molar-refractivity contribution in [1.29, 1.82) is 0 Å². The van der Waals surface area contributed by atoms with E-state index < -0.39 is 23.4 Å². The van der Waals surface area contributed by atoms with Crippen LogP contribution in [0.15, 0.2) is 60.7 Å². The monoisotopic (exact) mass is 531 g/mol. The average molecular weight is 532 g/mol. The van der Waals surface area contributed by atoms with Gasteiger partial charge < -0.3 is 23.8 Å². The molecule has 0 aliphatic carbocycles. The van der Waals surface area contributed by atoms with Gasteiger partial charge in [0, 0.05) is 19.9 Å². The Morgan fingerprint density at radius 3 is 1.56 bits per heavy atom. The highest BCUT2D eigenvalue weighted by Crippen LogP contribution is 2.41. The lowest BCUT2D eigenvalue weighted by molar-refractivity contribution is -0.180. The molecule has 3 aromatic carbocycles. The second kappa shape index (κ2) is 11.6. The van der Waals surface area contributed by atoms with Gasteiger partial charge >= 0.3 is 11.9 Å². The summed E-state index contributed by atoms with van der Waals surface area (Å²) in [6.07, 6.45) is -0.0639. The first-order chi connectivity index (χ1) is 18.8. The van der Waals surface area contributed by atoms with Crippen LogP contribution in [-0.2, 0) is 36.8 Å². The minimum Gasteiger partial charge on any atom is -0.497 e. The predicted octanol–water partition coefficient (Wildman–Crippen LogP) is 4.81. The molecule has 1 aliphatic heterocycles. The van der Waals surface area contributed by atoms with Crippen LogP contribution in [0.5, 0.6) is 11.5 Å². The molecule has 0 radical (unpaired) electrons. The van der Waals surface area contributed by atoms with Gasteiger partial charge in [-0.15, -0.1) is 0 Å². The smallest absolute Gasteiger partial charge is 0.344 e. The van der Waals surface area contributed by atoms with Crippen molar-refractivity contribution in [3.8, 4) is 33.8 Å². The number of nitrogens with zero attached hydrogens (tertiary/aromatic N) is 1. The number of ether oxygens (including phenoxy) is 4. The zero-order valence-electron chi connectivity index (χ0n) is 22.9. The number of amides is 1. The van der Waals surface area contributed by atoms with Gasteiger partial charge in [-0.05, 0) is 77.6 Å². The van der Waals surface area contributed by atoms with Gasteiger partial charge in [-0.25, -0.2) is 9.59 Å². The summed E-state index contributed by atoms with van der Waals surface area (Å²) in [6, 6.07) is 19.4. The number of hydrogen-bond acceptors (Lipinski definition) is 7. The van der Waals surface area contributed by atoms with Crippen molar-refractivity contribution in [2.45, 2.75) is 39.3 Å². The van der Waals surface area contributed by atoms with Crippen molar-refractivity contribution in [1.82, 2.24) is 4.90 Å². The first kappa shape index (κ1) is 27.7. The molecule has 0 saturated heterocycles. The fourth-order valence-corrected chi connectivity index (χ4v) is 5.03. The Morgan fingerprint density at radius 1 is 0.744 bits per heavy atom. The Balaban J connectivity index is 1.94. The van der Waals surface area contributed by atoms with Gasteiger partial charge in [-0.2, -0.15) is 0 Å². The van der Waals surface area contributed by atoms with Crippen LogP contribution in [0.25, 0.3) is 22.3 Å². The molecule has 0 aromatic heterocycles. The average Bonchev–Trinajstić information content (AvgIpc) is 2.96. The van der Waals surface area contributed by atoms with Gasteiger partial charge in [0.2, 0.25) is 11.4 Å². The lowest BCUT2D eigenvalue weighted by Gasteiger charge is -2.43. The summed E-state index contributed by atoms with van der Waals surface area (Å²) >= 11 is 0. The molecule has 3 aromatic rings. The van der Waals surface area contributed by atoms with Crippen molar-refractivity contribution < 1.29 is 33.3 Å². The standard InChI is InChI=1S/C31H33NO7/c1-6-38-29(34)31(30(35)39-7-2)18-23-16-27(21-8-12-25(36-4)13-9-21)28(17-24(23)19-32(31)20(3)33)22-10-14-26(37-5)15-11-22/h8-17H,6-7,18-19H2,1-5H3. The number of esters is 2. The lowest BCUT2D eigenvalue weighted by Crippen LogP contribution is -2.65. The van der Waals surface area contributed by atoms with E-state index in [-0.39, 0.29) is 26.2 Å². The van der Waals surface area contributed by atoms with E-state index in [1.165, 1.54) is 11.8 Å². The number of rotatable bonds is 8. The molecule has 0 bridgehead atoms. The van der Waals surface area contributed by atoms with Crippen LogP contribution in [0.1, 0.15) is 31.9 Å². The zero-order valence-corrected chi connectivity index (χ0v) is 22.9. The van der Waals surface area contributed by atoms with Crippen LogP contribution >= 0.6 is 0 Å². The van der Waals surface area contributed by atoms with Crippen molar-refractivity contribution in [2.75, 3.05) is 27.4 Å². The van der Waals surface area contributed by atoms with E-state index in [2.05, 4.69) is 0 Å². The second-order valence-electron chi connectivity index (χ2n) is 9.21. The van der Waals surface area contributed by atoms with Crippen molar-refractivity contribution in [3.05, 3.63) is 71.8 Å². The molecular weight excluding hydrogens is 498 g/mol. The molecule has 0 atom stereocenters. The Labute approximate surface area is 228 Å². The molecule has 1 amide bonds. The Morgan fingerprint density at radius 2 is 1.18 bits per heavy atom. The van der Waals surface area contributed by atoms with E-state index in [0.29, 0.717) is 0 Å². The molecule has 204 valence electrons. The second-order valence-corrected chi connectivity index (χ2v) is 9.21. The third kappa shape index (κ3) is 5.19. The number of fused-ring (bicyclic) bond motifs is 1. The Kier molecular flexibility index (Phi) is 8.24. The lowest BCUT2D eigenvalue weighted by atomic mass is 9.79. The van der Waals surface area contributed by atoms with E-state index in [1.54, 1.807) is 28.1 Å². The summed E-state index contributed by atoms with van der Waals surface area (Å²) < 4.78 is 21.4. The van der Waals surface area contributed by atoms with E-state index in [1.807, 2.05) is 60.7 Å². The molecule has 0 saturated carbocycles. The van der Waals surface area contributed by atoms with E-state index >= 15 is 0 Å². The summed E-state index contributed by atoms with van der Waals surface area (Å²) in [5.41, 5.74) is 3.39. The molecular formula is C31H33NO7. The van der Waals surface area contributed by atoms with Crippen molar-refractivity contribution in [2.24, 2.45) is 0 Å². The van der Waals surface area contributed by atoms with Crippen LogP contribution in [0.3, 0.4) is 0 Å². The van der Waals surface area contributed by atoms with Gasteiger partial charge in [-0.3, -0.25) is 4.79 Å². The molecule has 4 rings (SSSR count).